The predicted octanol–water partition coefficient (Wildman–Crippen LogP) is 1.02. The number of carbonyl (C=O) groups excluding carboxylic acids is 1. The number of rotatable bonds is 4. The van der Waals surface area contributed by atoms with Crippen LogP contribution in [0.5, 0.6) is 11.5 Å². The van der Waals surface area contributed by atoms with Gasteiger partial charge in [0.15, 0.2) is 5.75 Å². The van der Waals surface area contributed by atoms with E-state index in [-0.39, 0.29) is 18.7 Å². The molecule has 0 saturated carbocycles. The number of aromatic hydroxyl groups is 2. The summed E-state index contributed by atoms with van der Waals surface area (Å²) < 4.78 is 5.08. The summed E-state index contributed by atoms with van der Waals surface area (Å²) in [6, 6.07) is 3.94. The lowest BCUT2D eigenvalue weighted by atomic mass is 9.98. The van der Waals surface area contributed by atoms with E-state index in [2.05, 4.69) is 0 Å². The van der Waals surface area contributed by atoms with Crippen LogP contribution in [0.25, 0.3) is 0 Å². The Morgan fingerprint density at radius 3 is 2.83 bits per heavy atom. The minimum absolute atomic E-state index is 0.0223. The highest BCUT2D eigenvalue weighted by molar-refractivity contribution is 5.82. The molecule has 1 aromatic carbocycles. The molecule has 9 heteroatoms. The molecule has 0 fully saturated rings. The maximum atomic E-state index is 12.2. The molecule has 9 nitrogen and oxygen atoms in total. The third-order valence-corrected chi connectivity index (χ3v) is 3.23. The van der Waals surface area contributed by atoms with Crippen LogP contribution in [0.2, 0.25) is 0 Å². The second kappa shape index (κ2) is 6.76. The smallest absolute Gasteiger partial charge is 0.314 e. The molecule has 1 aliphatic rings. The molecule has 0 spiro atoms. The SMILES string of the molecule is N#CC(Cc1cc(O)c(O)c([N+](=O)[O-])c1)C(=O)N1C=CCOC1. The van der Waals surface area contributed by atoms with E-state index < -0.39 is 33.9 Å². The van der Waals surface area contributed by atoms with Crippen molar-refractivity contribution in [3.8, 4) is 17.6 Å². The first-order valence-electron chi connectivity index (χ1n) is 6.57. The molecule has 0 saturated heterocycles. The summed E-state index contributed by atoms with van der Waals surface area (Å²) >= 11 is 0. The van der Waals surface area contributed by atoms with Crippen LogP contribution in [0, 0.1) is 27.4 Å². The first kappa shape index (κ1) is 16.3. The van der Waals surface area contributed by atoms with Crippen molar-refractivity contribution in [3.63, 3.8) is 0 Å². The Hall–Kier alpha value is -3.12. The van der Waals surface area contributed by atoms with E-state index in [1.165, 1.54) is 11.1 Å². The topological polar surface area (TPSA) is 137 Å². The van der Waals surface area contributed by atoms with Crippen molar-refractivity contribution >= 4 is 11.6 Å². The van der Waals surface area contributed by atoms with Crippen molar-refractivity contribution in [3.05, 3.63) is 40.1 Å². The lowest BCUT2D eigenvalue weighted by Crippen LogP contribution is -2.36. The van der Waals surface area contributed by atoms with Crippen molar-refractivity contribution in [2.45, 2.75) is 6.42 Å². The monoisotopic (exact) mass is 319 g/mol. The number of nitrogens with zero attached hydrogens (tertiary/aromatic N) is 3. The third-order valence-electron chi connectivity index (χ3n) is 3.23. The van der Waals surface area contributed by atoms with Crippen LogP contribution in [0.3, 0.4) is 0 Å². The molecule has 0 aliphatic carbocycles. The molecule has 2 N–H and O–H groups in total. The average molecular weight is 319 g/mol. The minimum Gasteiger partial charge on any atom is -0.504 e. The molecule has 23 heavy (non-hydrogen) atoms. The standard InChI is InChI=1S/C14H13N3O6/c15-7-10(14(20)16-2-1-3-23-8-16)4-9-5-11(17(21)22)13(19)12(18)6-9/h1-2,5-6,10,18-19H,3-4,8H2. The molecule has 1 amide bonds. The summed E-state index contributed by atoms with van der Waals surface area (Å²) in [6.45, 7) is 0.396. The van der Waals surface area contributed by atoms with Gasteiger partial charge in [-0.1, -0.05) is 0 Å². The summed E-state index contributed by atoms with van der Waals surface area (Å²) in [5.41, 5.74) is -0.501. The normalized spacial score (nSPS) is 15.0. The number of amides is 1. The highest BCUT2D eigenvalue weighted by Crippen LogP contribution is 2.36. The molecular weight excluding hydrogens is 306 g/mol. The molecule has 0 bridgehead atoms. The van der Waals surface area contributed by atoms with Crippen LogP contribution in [-0.4, -0.2) is 39.3 Å². The summed E-state index contributed by atoms with van der Waals surface area (Å²) in [6.07, 6.45) is 2.98. The first-order chi connectivity index (χ1) is 10.9. The number of phenols is 2. The van der Waals surface area contributed by atoms with E-state index in [0.29, 0.717) is 6.61 Å². The number of phenolic OH excluding ortho intramolecular Hbond substituents is 2. The zero-order valence-corrected chi connectivity index (χ0v) is 11.9. The van der Waals surface area contributed by atoms with Gasteiger partial charge in [-0.25, -0.2) is 0 Å². The third kappa shape index (κ3) is 3.56. The van der Waals surface area contributed by atoms with Crippen LogP contribution in [0.15, 0.2) is 24.4 Å². The molecule has 1 aromatic rings. The van der Waals surface area contributed by atoms with Gasteiger partial charge in [0.25, 0.3) is 0 Å². The quantitative estimate of drug-likeness (QED) is 0.480. The number of nitriles is 1. The van der Waals surface area contributed by atoms with E-state index in [0.717, 1.165) is 12.1 Å². The van der Waals surface area contributed by atoms with Crippen molar-refractivity contribution < 1.29 is 24.7 Å². The number of hydrogen-bond acceptors (Lipinski definition) is 7. The number of hydrogen-bond donors (Lipinski definition) is 2. The molecule has 1 atom stereocenters. The Kier molecular flexibility index (Phi) is 4.78. The number of carbonyl (C=O) groups is 1. The average Bonchev–Trinajstić information content (AvgIpc) is 2.55. The van der Waals surface area contributed by atoms with Gasteiger partial charge in [-0.05, 0) is 24.1 Å². The minimum atomic E-state index is -1.11. The summed E-state index contributed by atoms with van der Waals surface area (Å²) in [4.78, 5) is 23.4. The molecule has 1 aliphatic heterocycles. The molecule has 1 heterocycles. The number of nitro benzene ring substituents is 1. The second-order valence-electron chi connectivity index (χ2n) is 4.82. The van der Waals surface area contributed by atoms with Crippen LogP contribution >= 0.6 is 0 Å². The predicted molar refractivity (Wildman–Crippen MR) is 76.0 cm³/mol. The van der Waals surface area contributed by atoms with Crippen LogP contribution < -0.4 is 0 Å². The van der Waals surface area contributed by atoms with Crippen molar-refractivity contribution in [1.82, 2.24) is 4.90 Å². The van der Waals surface area contributed by atoms with Crippen molar-refractivity contribution in [2.24, 2.45) is 5.92 Å². The van der Waals surface area contributed by atoms with Crippen LogP contribution in [0.1, 0.15) is 5.56 Å². The Morgan fingerprint density at radius 2 is 2.26 bits per heavy atom. The summed E-state index contributed by atoms with van der Waals surface area (Å²) in [5.74, 6) is -3.16. The van der Waals surface area contributed by atoms with E-state index in [1.807, 2.05) is 6.07 Å². The molecule has 0 aromatic heterocycles. The number of benzene rings is 1. The molecule has 120 valence electrons. The zero-order chi connectivity index (χ0) is 17.0. The molecule has 2 rings (SSSR count). The maximum Gasteiger partial charge on any atom is 0.314 e. The fourth-order valence-corrected chi connectivity index (χ4v) is 2.11. The van der Waals surface area contributed by atoms with Gasteiger partial charge in [0, 0.05) is 12.3 Å². The van der Waals surface area contributed by atoms with Crippen molar-refractivity contribution in [2.75, 3.05) is 13.3 Å². The van der Waals surface area contributed by atoms with Gasteiger partial charge in [0.1, 0.15) is 12.6 Å². The lowest BCUT2D eigenvalue weighted by Gasteiger charge is -2.23. The van der Waals surface area contributed by atoms with Crippen LogP contribution in [0.4, 0.5) is 5.69 Å². The van der Waals surface area contributed by atoms with E-state index in [1.54, 1.807) is 6.08 Å². The Labute approximate surface area is 130 Å². The Bertz CT molecular complexity index is 709. The largest absolute Gasteiger partial charge is 0.504 e. The second-order valence-corrected chi connectivity index (χ2v) is 4.82. The maximum absolute atomic E-state index is 12.2. The van der Waals surface area contributed by atoms with Gasteiger partial charge in [-0.3, -0.25) is 19.8 Å². The number of nitro groups is 1. The highest BCUT2D eigenvalue weighted by atomic mass is 16.6. The zero-order valence-electron chi connectivity index (χ0n) is 11.9. The summed E-state index contributed by atoms with van der Waals surface area (Å²) in [5, 5.41) is 39.0. The fourth-order valence-electron chi connectivity index (χ4n) is 2.11. The molecule has 0 radical (unpaired) electrons. The van der Waals surface area contributed by atoms with E-state index in [4.69, 9.17) is 4.74 Å². The van der Waals surface area contributed by atoms with Crippen LogP contribution in [-0.2, 0) is 16.0 Å². The Balaban J connectivity index is 2.24. The summed E-state index contributed by atoms with van der Waals surface area (Å²) in [7, 11) is 0. The lowest BCUT2D eigenvalue weighted by molar-refractivity contribution is -0.386. The van der Waals surface area contributed by atoms with Crippen molar-refractivity contribution in [1.29, 1.82) is 5.26 Å². The number of ether oxygens (including phenoxy) is 1. The van der Waals surface area contributed by atoms with Gasteiger partial charge in [-0.15, -0.1) is 0 Å². The van der Waals surface area contributed by atoms with Gasteiger partial charge >= 0.3 is 5.69 Å². The highest BCUT2D eigenvalue weighted by Gasteiger charge is 2.26. The first-order valence-corrected chi connectivity index (χ1v) is 6.57. The van der Waals surface area contributed by atoms with E-state index >= 15 is 0 Å². The van der Waals surface area contributed by atoms with Gasteiger partial charge < -0.3 is 14.9 Å². The van der Waals surface area contributed by atoms with Gasteiger partial charge in [-0.2, -0.15) is 5.26 Å². The van der Waals surface area contributed by atoms with Gasteiger partial charge in [0.05, 0.1) is 17.6 Å². The Morgan fingerprint density at radius 1 is 1.52 bits per heavy atom. The molecular formula is C14H13N3O6. The fraction of sp³-hybridized carbons (Fsp3) is 0.286. The van der Waals surface area contributed by atoms with Gasteiger partial charge in [0.2, 0.25) is 11.7 Å². The molecule has 1 unspecified atom stereocenters. The van der Waals surface area contributed by atoms with E-state index in [9.17, 15) is 30.4 Å².